The molecule has 0 saturated carbocycles. The molecule has 1 aliphatic heterocycles. The number of phenolic OH excluding ortho intramolecular Hbond substituents is 1. The monoisotopic (exact) mass is 582 g/mol. The van der Waals surface area contributed by atoms with E-state index in [1.807, 2.05) is 11.8 Å². The molecule has 0 spiro atoms. The molecule has 218 valence electrons. The lowest BCUT2D eigenvalue weighted by Crippen LogP contribution is -2.49. The van der Waals surface area contributed by atoms with E-state index in [1.165, 1.54) is 18.2 Å². The standard InChI is InChI=1S/C32H37ClF2N4O2/c1-6-13-39(17-18(2)3)30-23-16-25(34)27(22-15-21(40)14-20-9-7-10-24(33)26(20)22)28(35)29(23)37-31(38-30)41-19(4)32(5)11-8-12-36-32/h7,9-10,14-16,18-19,36,40H,6,8,11-13,17H2,1-5H3/t19?,32-/m0/s1. The number of ether oxygens (including phenoxy) is 1. The van der Waals surface area contributed by atoms with Crippen LogP contribution in [0.2, 0.25) is 5.02 Å². The maximum absolute atomic E-state index is 16.7. The fourth-order valence-corrected chi connectivity index (χ4v) is 6.10. The molecule has 6 nitrogen and oxygen atoms in total. The predicted octanol–water partition coefficient (Wildman–Crippen LogP) is 7.87. The summed E-state index contributed by atoms with van der Waals surface area (Å²) >= 11 is 6.51. The first-order valence-electron chi connectivity index (χ1n) is 14.3. The van der Waals surface area contributed by atoms with Gasteiger partial charge in [0.05, 0.1) is 11.1 Å². The first-order valence-corrected chi connectivity index (χ1v) is 14.7. The minimum Gasteiger partial charge on any atom is -0.508 e. The Hall–Kier alpha value is -3.23. The van der Waals surface area contributed by atoms with Crippen molar-refractivity contribution >= 4 is 39.1 Å². The van der Waals surface area contributed by atoms with Gasteiger partial charge in [0.15, 0.2) is 5.82 Å². The third-order valence-electron chi connectivity index (χ3n) is 7.98. The number of benzene rings is 3. The third-order valence-corrected chi connectivity index (χ3v) is 8.30. The van der Waals surface area contributed by atoms with Crippen LogP contribution in [0.4, 0.5) is 14.6 Å². The van der Waals surface area contributed by atoms with Crippen molar-refractivity contribution in [3.63, 3.8) is 0 Å². The number of phenols is 1. The zero-order chi connectivity index (χ0) is 29.5. The summed E-state index contributed by atoms with van der Waals surface area (Å²) in [6.07, 6.45) is 2.49. The molecule has 1 aromatic heterocycles. The number of aromatic hydroxyl groups is 1. The number of aromatic nitrogens is 2. The van der Waals surface area contributed by atoms with Gasteiger partial charge in [-0.25, -0.2) is 8.78 Å². The first-order chi connectivity index (χ1) is 19.5. The Bertz CT molecular complexity index is 1590. The molecule has 1 saturated heterocycles. The van der Waals surface area contributed by atoms with Crippen molar-refractivity contribution in [2.24, 2.45) is 5.92 Å². The third kappa shape index (κ3) is 5.64. The van der Waals surface area contributed by atoms with Gasteiger partial charge in [0.25, 0.3) is 0 Å². The lowest BCUT2D eigenvalue weighted by molar-refractivity contribution is 0.111. The Kier molecular flexibility index (Phi) is 8.26. The van der Waals surface area contributed by atoms with Crippen molar-refractivity contribution in [2.45, 2.75) is 65.5 Å². The number of hydrogen-bond acceptors (Lipinski definition) is 6. The number of fused-ring (bicyclic) bond motifs is 2. The van der Waals surface area contributed by atoms with Gasteiger partial charge in [-0.3, -0.25) is 0 Å². The number of halogens is 3. The smallest absolute Gasteiger partial charge is 0.319 e. The van der Waals surface area contributed by atoms with Crippen LogP contribution in [-0.2, 0) is 0 Å². The highest BCUT2D eigenvalue weighted by Crippen LogP contribution is 2.42. The van der Waals surface area contributed by atoms with Gasteiger partial charge in [-0.2, -0.15) is 9.97 Å². The summed E-state index contributed by atoms with van der Waals surface area (Å²) in [6.45, 7) is 12.5. The summed E-state index contributed by atoms with van der Waals surface area (Å²) in [5.74, 6) is -1.07. The van der Waals surface area contributed by atoms with Crippen molar-refractivity contribution in [3.05, 3.63) is 53.1 Å². The van der Waals surface area contributed by atoms with Gasteiger partial charge >= 0.3 is 6.01 Å². The maximum atomic E-state index is 16.7. The van der Waals surface area contributed by atoms with E-state index < -0.39 is 11.6 Å². The number of hydrogen-bond donors (Lipinski definition) is 2. The molecule has 2 N–H and O–H groups in total. The molecular weight excluding hydrogens is 546 g/mol. The highest BCUT2D eigenvalue weighted by molar-refractivity contribution is 6.36. The average molecular weight is 583 g/mol. The topological polar surface area (TPSA) is 70.5 Å². The molecular formula is C32H37ClF2N4O2. The highest BCUT2D eigenvalue weighted by atomic mass is 35.5. The summed E-state index contributed by atoms with van der Waals surface area (Å²) in [5, 5.41) is 15.5. The molecule has 1 aliphatic rings. The molecule has 1 fully saturated rings. The first kappa shape index (κ1) is 29.3. The van der Waals surface area contributed by atoms with Gasteiger partial charge in [-0.15, -0.1) is 0 Å². The van der Waals surface area contributed by atoms with Crippen LogP contribution in [0, 0.1) is 17.6 Å². The van der Waals surface area contributed by atoms with E-state index in [4.69, 9.17) is 21.3 Å². The van der Waals surface area contributed by atoms with Crippen LogP contribution in [0.15, 0.2) is 36.4 Å². The fourth-order valence-electron chi connectivity index (χ4n) is 5.81. The minimum absolute atomic E-state index is 0.0371. The zero-order valence-electron chi connectivity index (χ0n) is 24.2. The van der Waals surface area contributed by atoms with Gasteiger partial charge in [0, 0.05) is 34.4 Å². The molecule has 41 heavy (non-hydrogen) atoms. The molecule has 2 heterocycles. The van der Waals surface area contributed by atoms with Gasteiger partial charge in [0.1, 0.15) is 29.0 Å². The van der Waals surface area contributed by atoms with E-state index in [2.05, 4.69) is 38.0 Å². The molecule has 5 rings (SSSR count). The molecule has 2 atom stereocenters. The van der Waals surface area contributed by atoms with Crippen LogP contribution in [0.3, 0.4) is 0 Å². The molecule has 0 aliphatic carbocycles. The molecule has 9 heteroatoms. The van der Waals surface area contributed by atoms with Crippen molar-refractivity contribution in [3.8, 4) is 22.9 Å². The second-order valence-electron chi connectivity index (χ2n) is 11.7. The van der Waals surface area contributed by atoms with Crippen molar-refractivity contribution in [2.75, 3.05) is 24.5 Å². The Morgan fingerprint density at radius 3 is 2.63 bits per heavy atom. The summed E-state index contributed by atoms with van der Waals surface area (Å²) in [6, 6.07) is 9.28. The molecule has 0 bridgehead atoms. The molecule has 3 aromatic carbocycles. The Morgan fingerprint density at radius 1 is 1.17 bits per heavy atom. The van der Waals surface area contributed by atoms with E-state index >= 15 is 8.78 Å². The lowest BCUT2D eigenvalue weighted by atomic mass is 9.94. The van der Waals surface area contributed by atoms with Crippen LogP contribution < -0.4 is 15.0 Å². The van der Waals surface area contributed by atoms with E-state index in [0.29, 0.717) is 34.7 Å². The molecule has 4 aromatic rings. The van der Waals surface area contributed by atoms with Crippen molar-refractivity contribution < 1.29 is 18.6 Å². The summed E-state index contributed by atoms with van der Waals surface area (Å²) in [4.78, 5) is 11.3. The highest BCUT2D eigenvalue weighted by Gasteiger charge is 2.36. The average Bonchev–Trinajstić information content (AvgIpc) is 3.36. The largest absolute Gasteiger partial charge is 0.508 e. The van der Waals surface area contributed by atoms with Crippen LogP contribution in [0.5, 0.6) is 11.8 Å². The summed E-state index contributed by atoms with van der Waals surface area (Å²) < 4.78 is 39.0. The van der Waals surface area contributed by atoms with E-state index in [9.17, 15) is 5.11 Å². The number of nitrogens with zero attached hydrogens (tertiary/aromatic N) is 3. The number of rotatable bonds is 9. The van der Waals surface area contributed by atoms with Crippen molar-refractivity contribution in [1.82, 2.24) is 15.3 Å². The Balaban J connectivity index is 1.76. The Morgan fingerprint density at radius 2 is 1.95 bits per heavy atom. The fraction of sp³-hybridized carbons (Fsp3) is 0.438. The van der Waals surface area contributed by atoms with Crippen LogP contribution in [0.25, 0.3) is 32.8 Å². The Labute approximate surface area is 244 Å². The summed E-state index contributed by atoms with van der Waals surface area (Å²) in [5.41, 5.74) is -0.491. The van der Waals surface area contributed by atoms with Gasteiger partial charge in [-0.1, -0.05) is 44.5 Å². The normalized spacial score (nSPS) is 18.0. The van der Waals surface area contributed by atoms with E-state index in [0.717, 1.165) is 25.8 Å². The van der Waals surface area contributed by atoms with Gasteiger partial charge < -0.3 is 20.1 Å². The van der Waals surface area contributed by atoms with Crippen LogP contribution in [0.1, 0.15) is 53.9 Å². The van der Waals surface area contributed by atoms with Crippen LogP contribution in [-0.4, -0.2) is 46.4 Å². The molecule has 1 unspecified atom stereocenters. The maximum Gasteiger partial charge on any atom is 0.319 e. The molecule has 0 radical (unpaired) electrons. The summed E-state index contributed by atoms with van der Waals surface area (Å²) in [7, 11) is 0. The van der Waals surface area contributed by atoms with Crippen molar-refractivity contribution in [1.29, 1.82) is 0 Å². The lowest BCUT2D eigenvalue weighted by Gasteiger charge is -2.32. The van der Waals surface area contributed by atoms with Crippen LogP contribution >= 0.6 is 11.6 Å². The minimum atomic E-state index is -0.862. The quantitative estimate of drug-likeness (QED) is 0.209. The van der Waals surface area contributed by atoms with Gasteiger partial charge in [0.2, 0.25) is 0 Å². The number of anilines is 1. The SMILES string of the molecule is CCCN(CC(C)C)c1nc(OC(C)[C@]2(C)CCCN2)nc2c(F)c(-c3cc(O)cc4cccc(Cl)c34)c(F)cc12. The van der Waals surface area contributed by atoms with E-state index in [1.54, 1.807) is 18.2 Å². The van der Waals surface area contributed by atoms with Gasteiger partial charge in [-0.05, 0) is 75.2 Å². The predicted molar refractivity (Wildman–Crippen MR) is 162 cm³/mol. The molecule has 0 amide bonds. The second-order valence-corrected chi connectivity index (χ2v) is 12.1. The number of nitrogens with one attached hydrogen (secondary N) is 1. The second kappa shape index (κ2) is 11.6. The van der Waals surface area contributed by atoms with E-state index in [-0.39, 0.29) is 51.4 Å². The zero-order valence-corrected chi connectivity index (χ0v) is 24.9.